The van der Waals surface area contributed by atoms with Crippen molar-refractivity contribution in [2.75, 3.05) is 12.4 Å². The number of fused-ring (bicyclic) bond motifs is 1. The number of amides is 1. The van der Waals surface area contributed by atoms with Gasteiger partial charge in [0.15, 0.2) is 5.76 Å². The number of carbonyl (C=O) groups is 1. The Balaban J connectivity index is 1.93. The first-order chi connectivity index (χ1) is 12.6. The molecule has 1 atom stereocenters. The lowest BCUT2D eigenvalue weighted by atomic mass is 9.94. The fourth-order valence-corrected chi connectivity index (χ4v) is 3.16. The largest absolute Gasteiger partial charge is 0.496 e. The van der Waals surface area contributed by atoms with Crippen molar-refractivity contribution in [1.29, 1.82) is 0 Å². The number of methoxy groups -OCH3 is 1. The Bertz CT molecular complexity index is 1000. The minimum atomic E-state index is -0.559. The Hall–Kier alpha value is -3.55. The number of hydrogen-bond donors (Lipinski definition) is 2. The molecular formula is C18H17N5O3. The topological polar surface area (TPSA) is 108 Å². The highest BCUT2D eigenvalue weighted by Crippen LogP contribution is 2.39. The standard InChI is InChI=1S/C18H17N5O3/c1-10-14(16(19)24)15(11-6-3-4-7-12(11)25-2)23-18(20-10)21-17(22-23)13-8-5-9-26-13/h3-9,15H,1-2H3,(H2,19,24)(H,20,21,22). The van der Waals surface area contributed by atoms with E-state index in [1.165, 1.54) is 0 Å². The minimum Gasteiger partial charge on any atom is -0.496 e. The molecule has 0 aliphatic carbocycles. The molecular weight excluding hydrogens is 334 g/mol. The number of nitrogens with two attached hydrogens (primary N) is 1. The summed E-state index contributed by atoms with van der Waals surface area (Å²) in [7, 11) is 1.58. The number of rotatable bonds is 4. The summed E-state index contributed by atoms with van der Waals surface area (Å²) < 4.78 is 12.5. The molecule has 0 bridgehead atoms. The number of nitrogens with zero attached hydrogens (tertiary/aromatic N) is 3. The van der Waals surface area contributed by atoms with Crippen LogP contribution in [0.4, 0.5) is 5.95 Å². The van der Waals surface area contributed by atoms with Gasteiger partial charge in [-0.3, -0.25) is 4.79 Å². The van der Waals surface area contributed by atoms with Gasteiger partial charge in [-0.1, -0.05) is 18.2 Å². The number of anilines is 1. The minimum absolute atomic E-state index is 0.401. The molecule has 1 amide bonds. The van der Waals surface area contributed by atoms with E-state index >= 15 is 0 Å². The number of carbonyl (C=O) groups excluding carboxylic acids is 1. The number of hydrogen-bond acceptors (Lipinski definition) is 6. The summed E-state index contributed by atoms with van der Waals surface area (Å²) in [5.41, 5.74) is 7.47. The van der Waals surface area contributed by atoms with E-state index in [1.807, 2.05) is 24.3 Å². The third-order valence-electron chi connectivity index (χ3n) is 4.29. The summed E-state index contributed by atoms with van der Waals surface area (Å²) >= 11 is 0. The van der Waals surface area contributed by atoms with E-state index < -0.39 is 11.9 Å². The van der Waals surface area contributed by atoms with Crippen LogP contribution in [0.15, 0.2) is 58.3 Å². The average Bonchev–Trinajstić information content (AvgIpc) is 3.29. The number of aromatic nitrogens is 3. The molecule has 1 unspecified atom stereocenters. The summed E-state index contributed by atoms with van der Waals surface area (Å²) in [4.78, 5) is 16.7. The van der Waals surface area contributed by atoms with Crippen molar-refractivity contribution in [3.05, 3.63) is 59.5 Å². The first-order valence-corrected chi connectivity index (χ1v) is 8.01. The number of benzene rings is 1. The van der Waals surface area contributed by atoms with Crippen LogP contribution in [0.1, 0.15) is 18.5 Å². The summed E-state index contributed by atoms with van der Waals surface area (Å²) in [5.74, 6) is 1.54. The average molecular weight is 351 g/mol. The molecule has 1 aliphatic rings. The zero-order valence-corrected chi connectivity index (χ0v) is 14.3. The number of allylic oxidation sites excluding steroid dienone is 1. The molecule has 132 valence electrons. The maximum atomic E-state index is 12.2. The van der Waals surface area contributed by atoms with Gasteiger partial charge in [0, 0.05) is 11.3 Å². The van der Waals surface area contributed by atoms with Gasteiger partial charge in [0.25, 0.3) is 0 Å². The predicted octanol–water partition coefficient (Wildman–Crippen LogP) is 2.32. The van der Waals surface area contributed by atoms with Crippen LogP contribution in [0.5, 0.6) is 5.75 Å². The molecule has 0 spiro atoms. The number of nitrogens with one attached hydrogen (secondary N) is 1. The van der Waals surface area contributed by atoms with E-state index in [2.05, 4.69) is 15.4 Å². The second-order valence-electron chi connectivity index (χ2n) is 5.85. The molecule has 4 rings (SSSR count). The third kappa shape index (κ3) is 2.43. The SMILES string of the molecule is COc1ccccc1C1C(C(N)=O)=C(C)Nc2nc(-c3ccco3)nn21. The van der Waals surface area contributed by atoms with Crippen molar-refractivity contribution in [2.24, 2.45) is 5.73 Å². The molecule has 8 heteroatoms. The Labute approximate surface area is 149 Å². The van der Waals surface area contributed by atoms with Gasteiger partial charge in [0.1, 0.15) is 11.8 Å². The summed E-state index contributed by atoms with van der Waals surface area (Å²) in [6.07, 6.45) is 1.55. The van der Waals surface area contributed by atoms with E-state index in [-0.39, 0.29) is 0 Å². The molecule has 2 aromatic heterocycles. The van der Waals surface area contributed by atoms with Crippen LogP contribution in [0.3, 0.4) is 0 Å². The van der Waals surface area contributed by atoms with Gasteiger partial charge in [-0.15, -0.1) is 5.10 Å². The molecule has 0 fully saturated rings. The van der Waals surface area contributed by atoms with Gasteiger partial charge >= 0.3 is 0 Å². The molecule has 8 nitrogen and oxygen atoms in total. The molecule has 0 saturated carbocycles. The van der Waals surface area contributed by atoms with Crippen LogP contribution in [-0.4, -0.2) is 27.8 Å². The van der Waals surface area contributed by atoms with Crippen molar-refractivity contribution in [3.63, 3.8) is 0 Å². The Morgan fingerprint density at radius 2 is 2.12 bits per heavy atom. The maximum Gasteiger partial charge on any atom is 0.248 e. The zero-order chi connectivity index (χ0) is 18.3. The van der Waals surface area contributed by atoms with Crippen molar-refractivity contribution >= 4 is 11.9 Å². The molecule has 26 heavy (non-hydrogen) atoms. The van der Waals surface area contributed by atoms with Crippen molar-refractivity contribution in [1.82, 2.24) is 14.8 Å². The van der Waals surface area contributed by atoms with Crippen molar-refractivity contribution < 1.29 is 13.9 Å². The molecule has 0 saturated heterocycles. The van der Waals surface area contributed by atoms with Gasteiger partial charge in [-0.2, -0.15) is 4.98 Å². The van der Waals surface area contributed by atoms with Gasteiger partial charge in [0.2, 0.25) is 17.7 Å². The lowest BCUT2D eigenvalue weighted by molar-refractivity contribution is -0.115. The van der Waals surface area contributed by atoms with E-state index in [0.717, 1.165) is 5.56 Å². The Kier molecular flexibility index (Phi) is 3.72. The molecule has 3 N–H and O–H groups in total. The highest BCUT2D eigenvalue weighted by Gasteiger charge is 2.35. The highest BCUT2D eigenvalue weighted by molar-refractivity contribution is 5.95. The smallest absolute Gasteiger partial charge is 0.248 e. The van der Waals surface area contributed by atoms with E-state index in [1.54, 1.807) is 37.1 Å². The van der Waals surface area contributed by atoms with Crippen LogP contribution >= 0.6 is 0 Å². The molecule has 1 aromatic carbocycles. The van der Waals surface area contributed by atoms with E-state index in [9.17, 15) is 4.79 Å². The Morgan fingerprint density at radius 3 is 2.81 bits per heavy atom. The lowest BCUT2D eigenvalue weighted by Gasteiger charge is -2.28. The van der Waals surface area contributed by atoms with Gasteiger partial charge in [0.05, 0.1) is 18.9 Å². The number of para-hydroxylation sites is 1. The summed E-state index contributed by atoms with van der Waals surface area (Å²) in [5, 5.41) is 7.64. The zero-order valence-electron chi connectivity index (χ0n) is 14.3. The first kappa shape index (κ1) is 15.9. The summed E-state index contributed by atoms with van der Waals surface area (Å²) in [6, 6.07) is 10.4. The second kappa shape index (κ2) is 6.07. The molecule has 3 heterocycles. The lowest BCUT2D eigenvalue weighted by Crippen LogP contribution is -2.32. The van der Waals surface area contributed by atoms with Crippen molar-refractivity contribution in [3.8, 4) is 17.3 Å². The third-order valence-corrected chi connectivity index (χ3v) is 4.29. The van der Waals surface area contributed by atoms with E-state index in [0.29, 0.717) is 34.6 Å². The van der Waals surface area contributed by atoms with Gasteiger partial charge in [-0.25, -0.2) is 4.68 Å². The molecule has 3 aromatic rings. The summed E-state index contributed by atoms with van der Waals surface area (Å²) in [6.45, 7) is 1.78. The number of primary amides is 1. The normalized spacial score (nSPS) is 16.2. The fourth-order valence-electron chi connectivity index (χ4n) is 3.16. The molecule has 0 radical (unpaired) electrons. The maximum absolute atomic E-state index is 12.2. The van der Waals surface area contributed by atoms with E-state index in [4.69, 9.17) is 14.9 Å². The van der Waals surface area contributed by atoms with Gasteiger partial charge in [-0.05, 0) is 25.1 Å². The van der Waals surface area contributed by atoms with Crippen LogP contribution in [0.2, 0.25) is 0 Å². The van der Waals surface area contributed by atoms with Gasteiger partial charge < -0.3 is 20.2 Å². The second-order valence-corrected chi connectivity index (χ2v) is 5.85. The van der Waals surface area contributed by atoms with Crippen molar-refractivity contribution in [2.45, 2.75) is 13.0 Å². The van der Waals surface area contributed by atoms with Crippen LogP contribution in [0, 0.1) is 0 Å². The van der Waals surface area contributed by atoms with Crippen LogP contribution in [-0.2, 0) is 4.79 Å². The predicted molar refractivity (Wildman–Crippen MR) is 94.4 cm³/mol. The monoisotopic (exact) mass is 351 g/mol. The quantitative estimate of drug-likeness (QED) is 0.747. The van der Waals surface area contributed by atoms with Crippen LogP contribution < -0.4 is 15.8 Å². The molecule has 1 aliphatic heterocycles. The highest BCUT2D eigenvalue weighted by atomic mass is 16.5. The van der Waals surface area contributed by atoms with Crippen LogP contribution in [0.25, 0.3) is 11.6 Å². The number of ether oxygens (including phenoxy) is 1. The number of furan rings is 1. The fraction of sp³-hybridized carbons (Fsp3) is 0.167. The first-order valence-electron chi connectivity index (χ1n) is 8.01. The Morgan fingerprint density at radius 1 is 1.31 bits per heavy atom.